The van der Waals surface area contributed by atoms with E-state index in [-0.39, 0.29) is 17.7 Å². The van der Waals surface area contributed by atoms with Crippen molar-refractivity contribution >= 4 is 55.5 Å². The maximum absolute atomic E-state index is 12.8. The number of hydrogen-bond donors (Lipinski definition) is 1. The number of aromatic nitrogens is 1. The molecule has 0 radical (unpaired) electrons. The van der Waals surface area contributed by atoms with Crippen LogP contribution in [-0.2, 0) is 9.53 Å². The highest BCUT2D eigenvalue weighted by Crippen LogP contribution is 2.31. The van der Waals surface area contributed by atoms with Crippen molar-refractivity contribution in [1.82, 2.24) is 9.88 Å². The summed E-state index contributed by atoms with van der Waals surface area (Å²) in [6, 6.07) is 9.63. The Morgan fingerprint density at radius 3 is 2.65 bits per heavy atom. The summed E-state index contributed by atoms with van der Waals surface area (Å²) in [7, 11) is 0. The lowest BCUT2D eigenvalue weighted by Crippen LogP contribution is -2.41. The monoisotopic (exact) mass is 456 g/mol. The van der Waals surface area contributed by atoms with E-state index in [9.17, 15) is 9.59 Å². The molecule has 0 spiro atoms. The van der Waals surface area contributed by atoms with Gasteiger partial charge in [0.2, 0.25) is 5.91 Å². The number of nitrogens with one attached hydrogen (secondary N) is 1. The number of benzene rings is 1. The molecule has 2 aliphatic heterocycles. The summed E-state index contributed by atoms with van der Waals surface area (Å²) in [5.74, 6) is 0.0227. The van der Waals surface area contributed by atoms with Crippen LogP contribution < -0.4 is 10.2 Å². The second-order valence-corrected chi connectivity index (χ2v) is 9.77. The topological polar surface area (TPSA) is 74.8 Å². The number of fused-ring (bicyclic) bond motifs is 1. The number of likely N-dealkylation sites (tertiary alicyclic amines) is 1. The second-order valence-electron chi connectivity index (χ2n) is 7.81. The molecule has 1 aromatic carbocycles. The molecule has 0 atom stereocenters. The molecule has 7 nitrogen and oxygen atoms in total. The third-order valence-corrected chi connectivity index (χ3v) is 7.75. The first-order chi connectivity index (χ1) is 15.2. The highest BCUT2D eigenvalue weighted by atomic mass is 32.1. The van der Waals surface area contributed by atoms with Gasteiger partial charge in [0.1, 0.15) is 0 Å². The quantitative estimate of drug-likeness (QED) is 0.648. The first-order valence-electron chi connectivity index (χ1n) is 10.5. The Kier molecular flexibility index (Phi) is 5.89. The van der Waals surface area contributed by atoms with E-state index >= 15 is 0 Å². The Morgan fingerprint density at radius 2 is 1.90 bits per heavy atom. The van der Waals surface area contributed by atoms with Crippen molar-refractivity contribution in [2.75, 3.05) is 49.6 Å². The minimum atomic E-state index is -0.0755. The Morgan fingerprint density at radius 1 is 1.10 bits per heavy atom. The van der Waals surface area contributed by atoms with E-state index in [0.717, 1.165) is 52.2 Å². The fourth-order valence-electron chi connectivity index (χ4n) is 4.03. The average Bonchev–Trinajstić information content (AvgIpc) is 3.49. The third-order valence-electron chi connectivity index (χ3n) is 5.81. The number of piperidine rings is 1. The molecule has 2 aliphatic rings. The van der Waals surface area contributed by atoms with E-state index in [0.29, 0.717) is 25.9 Å². The van der Waals surface area contributed by atoms with Crippen LogP contribution in [0.3, 0.4) is 0 Å². The molecule has 162 valence electrons. The highest BCUT2D eigenvalue weighted by Gasteiger charge is 2.28. The van der Waals surface area contributed by atoms with Crippen molar-refractivity contribution in [2.24, 2.45) is 5.92 Å². The Bertz CT molecular complexity index is 1070. The van der Waals surface area contributed by atoms with Gasteiger partial charge >= 0.3 is 0 Å². The summed E-state index contributed by atoms with van der Waals surface area (Å²) in [6.45, 7) is 4.41. The summed E-state index contributed by atoms with van der Waals surface area (Å²) in [5.41, 5.74) is 1.75. The predicted molar refractivity (Wildman–Crippen MR) is 124 cm³/mol. The number of carbonyl (C=O) groups is 2. The van der Waals surface area contributed by atoms with Gasteiger partial charge in [-0.3, -0.25) is 9.59 Å². The fraction of sp³-hybridized carbons (Fsp3) is 0.409. The predicted octanol–water partition coefficient (Wildman–Crippen LogP) is 3.69. The van der Waals surface area contributed by atoms with Gasteiger partial charge in [0.15, 0.2) is 5.13 Å². The zero-order valence-electron chi connectivity index (χ0n) is 17.1. The summed E-state index contributed by atoms with van der Waals surface area (Å²) >= 11 is 3.11. The molecule has 2 saturated heterocycles. The van der Waals surface area contributed by atoms with Crippen LogP contribution in [-0.4, -0.2) is 61.1 Å². The van der Waals surface area contributed by atoms with E-state index in [1.807, 2.05) is 40.6 Å². The molecule has 0 bridgehead atoms. The number of ether oxygens (including phenoxy) is 1. The van der Waals surface area contributed by atoms with Crippen molar-refractivity contribution in [1.29, 1.82) is 0 Å². The number of hydrogen-bond acceptors (Lipinski definition) is 7. The number of anilines is 2. The van der Waals surface area contributed by atoms with Crippen LogP contribution in [0.15, 0.2) is 35.7 Å². The van der Waals surface area contributed by atoms with Gasteiger partial charge in [-0.2, -0.15) is 0 Å². The molecule has 2 amide bonds. The van der Waals surface area contributed by atoms with E-state index < -0.39 is 0 Å². The normalized spacial score (nSPS) is 17.8. The van der Waals surface area contributed by atoms with Crippen molar-refractivity contribution in [3.63, 3.8) is 0 Å². The number of carbonyl (C=O) groups excluding carboxylic acids is 2. The summed E-state index contributed by atoms with van der Waals surface area (Å²) in [4.78, 5) is 34.9. The Balaban J connectivity index is 1.20. The van der Waals surface area contributed by atoms with Crippen molar-refractivity contribution in [3.05, 3.63) is 40.6 Å². The van der Waals surface area contributed by atoms with Crippen LogP contribution in [0.2, 0.25) is 0 Å². The molecule has 5 rings (SSSR count). The number of morpholine rings is 1. The van der Waals surface area contributed by atoms with Crippen LogP contribution in [0.5, 0.6) is 0 Å². The number of thiazole rings is 1. The number of amides is 2. The molecule has 31 heavy (non-hydrogen) atoms. The highest BCUT2D eigenvalue weighted by molar-refractivity contribution is 7.22. The Hall–Kier alpha value is -2.49. The van der Waals surface area contributed by atoms with E-state index in [1.165, 1.54) is 11.3 Å². The van der Waals surface area contributed by atoms with Crippen LogP contribution >= 0.6 is 22.7 Å². The fourth-order valence-corrected chi connectivity index (χ4v) is 5.77. The molecule has 2 aromatic heterocycles. The van der Waals surface area contributed by atoms with Gasteiger partial charge in [0.25, 0.3) is 5.91 Å². The molecule has 2 fully saturated rings. The van der Waals surface area contributed by atoms with E-state index in [4.69, 9.17) is 9.72 Å². The van der Waals surface area contributed by atoms with Gasteiger partial charge in [-0.15, -0.1) is 11.3 Å². The maximum atomic E-state index is 12.8. The lowest BCUT2D eigenvalue weighted by atomic mass is 9.95. The van der Waals surface area contributed by atoms with Gasteiger partial charge in [-0.1, -0.05) is 17.4 Å². The number of nitrogens with zero attached hydrogens (tertiary/aromatic N) is 3. The molecule has 4 heterocycles. The minimum absolute atomic E-state index is 0.0282. The van der Waals surface area contributed by atoms with Gasteiger partial charge < -0.3 is 19.9 Å². The lowest BCUT2D eigenvalue weighted by molar-refractivity contribution is -0.121. The lowest BCUT2D eigenvalue weighted by Gasteiger charge is -2.31. The SMILES string of the molecule is O=C(Nc1ccc2nc(N3CCOCC3)sc2c1)C1CCN(C(=O)c2cccs2)CC1. The summed E-state index contributed by atoms with van der Waals surface area (Å²) in [6.07, 6.45) is 1.37. The molecule has 3 aromatic rings. The molecular formula is C22H24N4O3S2. The molecule has 0 saturated carbocycles. The van der Waals surface area contributed by atoms with Crippen LogP contribution in [0, 0.1) is 5.92 Å². The average molecular weight is 457 g/mol. The summed E-state index contributed by atoms with van der Waals surface area (Å²) < 4.78 is 6.49. The van der Waals surface area contributed by atoms with Crippen molar-refractivity contribution in [3.8, 4) is 0 Å². The number of thiophene rings is 1. The molecule has 0 aliphatic carbocycles. The van der Waals surface area contributed by atoms with E-state index in [2.05, 4.69) is 10.2 Å². The molecule has 1 N–H and O–H groups in total. The standard InChI is InChI=1S/C22H24N4O3S2/c27-20(15-5-7-25(8-6-15)21(28)18-2-1-13-30-18)23-16-3-4-17-19(14-16)31-22(24-17)26-9-11-29-12-10-26/h1-4,13-15H,5-12H2,(H,23,27). The van der Waals surface area contributed by atoms with Crippen molar-refractivity contribution < 1.29 is 14.3 Å². The van der Waals surface area contributed by atoms with Gasteiger partial charge in [-0.25, -0.2) is 4.98 Å². The first kappa shape index (κ1) is 20.4. The summed E-state index contributed by atoms with van der Waals surface area (Å²) in [5, 5.41) is 5.99. The van der Waals surface area contributed by atoms with Gasteiger partial charge in [-0.05, 0) is 42.5 Å². The maximum Gasteiger partial charge on any atom is 0.263 e. The molecule has 0 unspecified atom stereocenters. The van der Waals surface area contributed by atoms with E-state index in [1.54, 1.807) is 11.3 Å². The van der Waals surface area contributed by atoms with Crippen LogP contribution in [0.1, 0.15) is 22.5 Å². The number of rotatable bonds is 4. The largest absolute Gasteiger partial charge is 0.378 e. The second kappa shape index (κ2) is 8.94. The zero-order valence-corrected chi connectivity index (χ0v) is 18.7. The smallest absolute Gasteiger partial charge is 0.263 e. The third kappa shape index (κ3) is 4.44. The van der Waals surface area contributed by atoms with Gasteiger partial charge in [0.05, 0.1) is 28.3 Å². The zero-order chi connectivity index (χ0) is 21.2. The first-order valence-corrected chi connectivity index (χ1v) is 12.2. The van der Waals surface area contributed by atoms with Crippen LogP contribution in [0.4, 0.5) is 10.8 Å². The molecule has 9 heteroatoms. The Labute approximate surface area is 188 Å². The van der Waals surface area contributed by atoms with Crippen LogP contribution in [0.25, 0.3) is 10.2 Å². The van der Waals surface area contributed by atoms with Crippen molar-refractivity contribution in [2.45, 2.75) is 12.8 Å². The van der Waals surface area contributed by atoms with Gasteiger partial charge in [0, 0.05) is 37.8 Å². The molecular weight excluding hydrogens is 432 g/mol. The minimum Gasteiger partial charge on any atom is -0.378 e.